The number of carbonyl (C=O) groups excluding carboxylic acids is 3. The van der Waals surface area contributed by atoms with E-state index in [0.29, 0.717) is 17.9 Å². The van der Waals surface area contributed by atoms with Crippen LogP contribution in [-0.2, 0) is 4.79 Å². The van der Waals surface area contributed by atoms with E-state index in [4.69, 9.17) is 0 Å². The molecule has 5 heteroatoms. The van der Waals surface area contributed by atoms with Gasteiger partial charge in [0.25, 0.3) is 5.91 Å². The predicted molar refractivity (Wildman–Crippen MR) is 100 cm³/mol. The van der Waals surface area contributed by atoms with Crippen LogP contribution in [0.3, 0.4) is 0 Å². The summed E-state index contributed by atoms with van der Waals surface area (Å²) in [4.78, 5) is 39.1. The van der Waals surface area contributed by atoms with Gasteiger partial charge in [-0.05, 0) is 36.7 Å². The van der Waals surface area contributed by atoms with Crippen molar-refractivity contribution in [1.29, 1.82) is 0 Å². The minimum absolute atomic E-state index is 0.0996. The zero-order valence-corrected chi connectivity index (χ0v) is 15.9. The predicted octanol–water partition coefficient (Wildman–Crippen LogP) is 3.88. The lowest BCUT2D eigenvalue weighted by Gasteiger charge is -2.36. The van der Waals surface area contributed by atoms with Crippen LogP contribution in [0.5, 0.6) is 0 Å². The van der Waals surface area contributed by atoms with Crippen molar-refractivity contribution in [2.45, 2.75) is 64.3 Å². The number of nitrogens with zero attached hydrogens (tertiary/aromatic N) is 1. The minimum Gasteiger partial charge on any atom is -0.323 e. The summed E-state index contributed by atoms with van der Waals surface area (Å²) in [5.74, 6) is 0.101. The number of hydrogen-bond donors (Lipinski definition) is 1. The van der Waals surface area contributed by atoms with Crippen LogP contribution in [0.1, 0.15) is 74.7 Å². The van der Waals surface area contributed by atoms with Crippen molar-refractivity contribution < 1.29 is 14.4 Å². The van der Waals surface area contributed by atoms with Crippen molar-refractivity contribution in [3.8, 4) is 0 Å². The maximum atomic E-state index is 12.9. The molecular weight excluding hydrogens is 328 g/mol. The van der Waals surface area contributed by atoms with Gasteiger partial charge in [-0.15, -0.1) is 0 Å². The standard InChI is InChI=1S/C21H28N2O3/c1-4-14(2)16-8-10-17(11-9-16)18(24)13-23-19(25)21(22-20(23)26)12-6-5-7-15(21)3/h8-11,14-15H,4-7,12-13H2,1-3H3,(H,22,26)/t14-,15+,21+/m1/s1. The van der Waals surface area contributed by atoms with Gasteiger partial charge >= 0.3 is 6.03 Å². The molecule has 1 aliphatic carbocycles. The quantitative estimate of drug-likeness (QED) is 0.643. The van der Waals surface area contributed by atoms with E-state index >= 15 is 0 Å². The molecule has 1 N–H and O–H groups in total. The minimum atomic E-state index is -0.809. The Morgan fingerprint density at radius 2 is 1.96 bits per heavy atom. The van der Waals surface area contributed by atoms with E-state index in [2.05, 4.69) is 19.2 Å². The molecule has 1 saturated heterocycles. The molecule has 3 amide bonds. The zero-order chi connectivity index (χ0) is 18.9. The Hall–Kier alpha value is -2.17. The summed E-state index contributed by atoms with van der Waals surface area (Å²) in [5.41, 5.74) is 0.917. The van der Waals surface area contributed by atoms with E-state index in [9.17, 15) is 14.4 Å². The SMILES string of the molecule is CC[C@@H](C)c1ccc(C(=O)CN2C(=O)N[C@]3(CCCC[C@@H]3C)C2=O)cc1. The number of benzene rings is 1. The van der Waals surface area contributed by atoms with Crippen molar-refractivity contribution in [2.24, 2.45) is 5.92 Å². The summed E-state index contributed by atoms with van der Waals surface area (Å²) in [7, 11) is 0. The molecule has 5 nitrogen and oxygen atoms in total. The monoisotopic (exact) mass is 356 g/mol. The summed E-state index contributed by atoms with van der Waals surface area (Å²) >= 11 is 0. The second kappa shape index (κ2) is 7.22. The van der Waals surface area contributed by atoms with Gasteiger partial charge in [0.1, 0.15) is 5.54 Å². The first-order valence-electron chi connectivity index (χ1n) is 9.66. The molecule has 26 heavy (non-hydrogen) atoms. The van der Waals surface area contributed by atoms with Gasteiger partial charge < -0.3 is 5.32 Å². The van der Waals surface area contributed by atoms with Gasteiger partial charge in [0.15, 0.2) is 5.78 Å². The number of hydrogen-bond acceptors (Lipinski definition) is 3. The van der Waals surface area contributed by atoms with E-state index in [-0.39, 0.29) is 24.2 Å². The molecular formula is C21H28N2O3. The fourth-order valence-corrected chi connectivity index (χ4v) is 4.11. The lowest BCUT2D eigenvalue weighted by molar-refractivity contribution is -0.133. The van der Waals surface area contributed by atoms with Crippen molar-refractivity contribution in [1.82, 2.24) is 10.2 Å². The van der Waals surface area contributed by atoms with Crippen molar-refractivity contribution in [2.75, 3.05) is 6.54 Å². The lowest BCUT2D eigenvalue weighted by atomic mass is 9.73. The Bertz CT molecular complexity index is 712. The topological polar surface area (TPSA) is 66.5 Å². The van der Waals surface area contributed by atoms with E-state index in [1.54, 1.807) is 12.1 Å². The Morgan fingerprint density at radius 3 is 2.58 bits per heavy atom. The summed E-state index contributed by atoms with van der Waals surface area (Å²) < 4.78 is 0. The number of nitrogens with one attached hydrogen (secondary N) is 1. The fraction of sp³-hybridized carbons (Fsp3) is 0.571. The van der Waals surface area contributed by atoms with Crippen LogP contribution in [0, 0.1) is 5.92 Å². The molecule has 2 aliphatic rings. The van der Waals surface area contributed by atoms with Gasteiger partial charge in [0.05, 0.1) is 6.54 Å². The van der Waals surface area contributed by atoms with Crippen LogP contribution in [-0.4, -0.2) is 34.7 Å². The van der Waals surface area contributed by atoms with Gasteiger partial charge in [0.2, 0.25) is 0 Å². The van der Waals surface area contributed by atoms with Crippen molar-refractivity contribution >= 4 is 17.7 Å². The third-order valence-electron chi connectivity index (χ3n) is 6.22. The van der Waals surface area contributed by atoms with Crippen molar-refractivity contribution in [3.05, 3.63) is 35.4 Å². The number of amides is 3. The highest BCUT2D eigenvalue weighted by molar-refractivity contribution is 6.11. The highest BCUT2D eigenvalue weighted by Crippen LogP contribution is 2.38. The highest BCUT2D eigenvalue weighted by atomic mass is 16.2. The second-order valence-electron chi connectivity index (χ2n) is 7.79. The largest absolute Gasteiger partial charge is 0.325 e. The van der Waals surface area contributed by atoms with Crippen LogP contribution in [0.4, 0.5) is 4.79 Å². The average molecular weight is 356 g/mol. The maximum Gasteiger partial charge on any atom is 0.325 e. The number of Topliss-reactive ketones (excluding diaryl/α,β-unsaturated/α-hetero) is 1. The molecule has 3 atom stereocenters. The molecule has 3 rings (SSSR count). The number of urea groups is 1. The van der Waals surface area contributed by atoms with Gasteiger partial charge in [-0.2, -0.15) is 0 Å². The van der Waals surface area contributed by atoms with Gasteiger partial charge in [-0.25, -0.2) is 4.79 Å². The van der Waals surface area contributed by atoms with Crippen LogP contribution in [0.25, 0.3) is 0 Å². The number of ketones is 1. The fourth-order valence-electron chi connectivity index (χ4n) is 4.11. The molecule has 0 radical (unpaired) electrons. The zero-order valence-electron chi connectivity index (χ0n) is 15.9. The third kappa shape index (κ3) is 3.15. The number of rotatable bonds is 5. The summed E-state index contributed by atoms with van der Waals surface area (Å²) in [5, 5.41) is 2.89. The van der Waals surface area contributed by atoms with E-state index < -0.39 is 11.6 Å². The second-order valence-corrected chi connectivity index (χ2v) is 7.79. The van der Waals surface area contributed by atoms with Gasteiger partial charge in [-0.1, -0.05) is 57.9 Å². The molecule has 1 heterocycles. The smallest absolute Gasteiger partial charge is 0.323 e. The average Bonchev–Trinajstić information content (AvgIpc) is 2.88. The van der Waals surface area contributed by atoms with Gasteiger partial charge in [0, 0.05) is 5.56 Å². The van der Waals surface area contributed by atoms with E-state index in [1.165, 1.54) is 5.56 Å². The first-order valence-corrected chi connectivity index (χ1v) is 9.66. The Morgan fingerprint density at radius 1 is 1.27 bits per heavy atom. The first kappa shape index (κ1) is 18.6. The molecule has 2 fully saturated rings. The molecule has 0 unspecified atom stereocenters. The molecule has 1 aromatic rings. The molecule has 1 aliphatic heterocycles. The summed E-state index contributed by atoms with van der Waals surface area (Å²) in [6, 6.07) is 7.06. The van der Waals surface area contributed by atoms with Crippen LogP contribution >= 0.6 is 0 Å². The Labute approximate surface area is 155 Å². The van der Waals surface area contributed by atoms with Crippen LogP contribution < -0.4 is 5.32 Å². The Kier molecular flexibility index (Phi) is 5.17. The molecule has 140 valence electrons. The van der Waals surface area contributed by atoms with E-state index in [0.717, 1.165) is 30.6 Å². The molecule has 0 bridgehead atoms. The first-order chi connectivity index (χ1) is 12.4. The molecule has 1 spiro atoms. The highest BCUT2D eigenvalue weighted by Gasteiger charge is 2.55. The molecule has 1 saturated carbocycles. The van der Waals surface area contributed by atoms with Crippen molar-refractivity contribution in [3.63, 3.8) is 0 Å². The van der Waals surface area contributed by atoms with Crippen LogP contribution in [0.15, 0.2) is 24.3 Å². The molecule has 1 aromatic carbocycles. The van der Waals surface area contributed by atoms with Crippen LogP contribution in [0.2, 0.25) is 0 Å². The number of imide groups is 1. The normalized spacial score (nSPS) is 26.9. The Balaban J connectivity index is 1.73. The maximum absolute atomic E-state index is 12.9. The van der Waals surface area contributed by atoms with E-state index in [1.807, 2.05) is 19.1 Å². The molecule has 0 aromatic heterocycles. The lowest BCUT2D eigenvalue weighted by Crippen LogP contribution is -2.54. The third-order valence-corrected chi connectivity index (χ3v) is 6.22. The summed E-state index contributed by atoms with van der Waals surface area (Å²) in [6.07, 6.45) is 4.62. The van der Waals surface area contributed by atoms with Gasteiger partial charge in [-0.3, -0.25) is 14.5 Å². The number of carbonyl (C=O) groups is 3. The summed E-state index contributed by atoms with van der Waals surface area (Å²) in [6.45, 7) is 6.09.